The largest absolute Gasteiger partial charge is 0.328 e. The summed E-state index contributed by atoms with van der Waals surface area (Å²) in [5.41, 5.74) is 2.30. The molecule has 0 unspecified atom stereocenters. The first-order chi connectivity index (χ1) is 14.3. The summed E-state index contributed by atoms with van der Waals surface area (Å²) in [6.07, 6.45) is 0.0903. The number of hydrogen-bond donors (Lipinski definition) is 1. The van der Waals surface area contributed by atoms with Gasteiger partial charge in [-0.3, -0.25) is 13.9 Å². The first-order valence-corrected chi connectivity index (χ1v) is 10.0. The van der Waals surface area contributed by atoms with Crippen LogP contribution in [0, 0.1) is 18.6 Å². The lowest BCUT2D eigenvalue weighted by atomic mass is 10.1. The minimum absolute atomic E-state index is 0.0903. The SMILES string of the molecule is Cc1sc(NC(=O)CCn2c(=O)n(C)c3ccccc32)nc1-c1ccc(F)c(F)c1. The van der Waals surface area contributed by atoms with Gasteiger partial charge in [0.1, 0.15) is 0 Å². The monoisotopic (exact) mass is 428 g/mol. The van der Waals surface area contributed by atoms with Crippen LogP contribution in [0.25, 0.3) is 22.3 Å². The molecule has 4 aromatic rings. The molecule has 154 valence electrons. The molecule has 0 radical (unpaired) electrons. The van der Waals surface area contributed by atoms with E-state index in [9.17, 15) is 18.4 Å². The summed E-state index contributed by atoms with van der Waals surface area (Å²) in [7, 11) is 1.69. The topological polar surface area (TPSA) is 68.9 Å². The molecule has 2 aromatic carbocycles. The van der Waals surface area contributed by atoms with Crippen LogP contribution >= 0.6 is 11.3 Å². The zero-order valence-corrected chi connectivity index (χ0v) is 17.1. The quantitative estimate of drug-likeness (QED) is 0.521. The Kier molecular flexibility index (Phi) is 5.21. The fraction of sp³-hybridized carbons (Fsp3) is 0.190. The molecule has 0 aliphatic heterocycles. The summed E-state index contributed by atoms with van der Waals surface area (Å²) < 4.78 is 29.8. The van der Waals surface area contributed by atoms with Crippen LogP contribution in [-0.2, 0) is 18.4 Å². The number of amides is 1. The van der Waals surface area contributed by atoms with Crippen molar-refractivity contribution in [1.82, 2.24) is 14.1 Å². The fourth-order valence-corrected chi connectivity index (χ4v) is 4.19. The van der Waals surface area contributed by atoms with Gasteiger partial charge in [0, 0.05) is 30.5 Å². The van der Waals surface area contributed by atoms with E-state index >= 15 is 0 Å². The maximum absolute atomic E-state index is 13.5. The third kappa shape index (κ3) is 3.63. The molecule has 30 heavy (non-hydrogen) atoms. The molecule has 0 spiro atoms. The molecule has 0 bridgehead atoms. The number of rotatable bonds is 5. The van der Waals surface area contributed by atoms with Gasteiger partial charge in [-0.2, -0.15) is 0 Å². The highest BCUT2D eigenvalue weighted by Gasteiger charge is 2.15. The van der Waals surface area contributed by atoms with E-state index in [1.807, 2.05) is 24.3 Å². The molecule has 0 saturated carbocycles. The Labute approximate surface area is 174 Å². The smallest absolute Gasteiger partial charge is 0.302 e. The number of halogens is 2. The van der Waals surface area contributed by atoms with Crippen molar-refractivity contribution in [2.24, 2.45) is 7.05 Å². The Morgan fingerprint density at radius 1 is 1.13 bits per heavy atom. The Balaban J connectivity index is 1.48. The molecular weight excluding hydrogens is 410 g/mol. The molecule has 4 rings (SSSR count). The highest BCUT2D eigenvalue weighted by molar-refractivity contribution is 7.16. The van der Waals surface area contributed by atoms with Crippen LogP contribution in [0.5, 0.6) is 0 Å². The van der Waals surface area contributed by atoms with Crippen LogP contribution in [0.2, 0.25) is 0 Å². The predicted octanol–water partition coefficient (Wildman–Crippen LogP) is 4.08. The van der Waals surface area contributed by atoms with Gasteiger partial charge in [0.05, 0.1) is 16.7 Å². The molecule has 0 fully saturated rings. The van der Waals surface area contributed by atoms with Gasteiger partial charge in [-0.05, 0) is 37.3 Å². The second-order valence-electron chi connectivity index (χ2n) is 6.83. The number of aromatic nitrogens is 3. The van der Waals surface area contributed by atoms with Gasteiger partial charge >= 0.3 is 5.69 Å². The molecule has 1 N–H and O–H groups in total. The number of imidazole rings is 1. The lowest BCUT2D eigenvalue weighted by molar-refractivity contribution is -0.116. The average molecular weight is 428 g/mol. The molecule has 2 heterocycles. The van der Waals surface area contributed by atoms with Gasteiger partial charge in [0.2, 0.25) is 5.91 Å². The van der Waals surface area contributed by atoms with Crippen LogP contribution in [0.3, 0.4) is 0 Å². The van der Waals surface area contributed by atoms with E-state index in [0.717, 1.165) is 28.0 Å². The molecular formula is C21H18F2N4O2S. The lowest BCUT2D eigenvalue weighted by Crippen LogP contribution is -2.24. The number of para-hydroxylation sites is 2. The van der Waals surface area contributed by atoms with Crippen LogP contribution in [0.15, 0.2) is 47.3 Å². The Hall–Kier alpha value is -3.33. The zero-order chi connectivity index (χ0) is 21.4. The lowest BCUT2D eigenvalue weighted by Gasteiger charge is -2.04. The van der Waals surface area contributed by atoms with Crippen molar-refractivity contribution in [2.45, 2.75) is 19.9 Å². The van der Waals surface area contributed by atoms with Gasteiger partial charge in [0.15, 0.2) is 16.8 Å². The second-order valence-corrected chi connectivity index (χ2v) is 8.04. The van der Waals surface area contributed by atoms with Gasteiger partial charge in [0.25, 0.3) is 0 Å². The molecule has 0 saturated heterocycles. The normalized spacial score (nSPS) is 11.2. The number of nitrogens with zero attached hydrogens (tertiary/aromatic N) is 3. The number of carbonyl (C=O) groups is 1. The van der Waals surface area contributed by atoms with E-state index in [0.29, 0.717) is 16.4 Å². The fourth-order valence-electron chi connectivity index (χ4n) is 3.34. The third-order valence-corrected chi connectivity index (χ3v) is 5.74. The summed E-state index contributed by atoms with van der Waals surface area (Å²) in [5, 5.41) is 3.09. The predicted molar refractivity (Wildman–Crippen MR) is 113 cm³/mol. The third-order valence-electron chi connectivity index (χ3n) is 4.85. The van der Waals surface area contributed by atoms with Crippen molar-refractivity contribution in [2.75, 3.05) is 5.32 Å². The summed E-state index contributed by atoms with van der Waals surface area (Å²) in [5.74, 6) is -2.17. The highest BCUT2D eigenvalue weighted by Crippen LogP contribution is 2.31. The van der Waals surface area contributed by atoms with Crippen LogP contribution in [0.1, 0.15) is 11.3 Å². The van der Waals surface area contributed by atoms with Crippen LogP contribution in [-0.4, -0.2) is 20.0 Å². The minimum atomic E-state index is -0.953. The Bertz CT molecular complexity index is 1320. The van der Waals surface area contributed by atoms with E-state index in [4.69, 9.17) is 0 Å². The van der Waals surface area contributed by atoms with Gasteiger partial charge < -0.3 is 5.32 Å². The first kappa shape index (κ1) is 20.0. The van der Waals surface area contributed by atoms with E-state index in [2.05, 4.69) is 10.3 Å². The zero-order valence-electron chi connectivity index (χ0n) is 16.3. The number of carbonyl (C=O) groups excluding carboxylic acids is 1. The average Bonchev–Trinajstić information content (AvgIpc) is 3.20. The number of hydrogen-bond acceptors (Lipinski definition) is 4. The number of thiazole rings is 1. The van der Waals surface area contributed by atoms with E-state index in [-0.39, 0.29) is 24.6 Å². The minimum Gasteiger partial charge on any atom is -0.302 e. The van der Waals surface area contributed by atoms with E-state index in [1.54, 1.807) is 23.1 Å². The standard InChI is InChI=1S/C21H18F2N4O2S/c1-12-19(13-7-8-14(22)15(23)11-13)25-20(30-12)24-18(28)9-10-27-17-6-4-3-5-16(17)26(2)21(27)29/h3-8,11H,9-10H2,1-2H3,(H,24,25,28). The molecule has 2 aromatic heterocycles. The number of benzene rings is 2. The van der Waals surface area contributed by atoms with Crippen molar-refractivity contribution >= 4 is 33.4 Å². The Morgan fingerprint density at radius 2 is 1.87 bits per heavy atom. The molecule has 6 nitrogen and oxygen atoms in total. The summed E-state index contributed by atoms with van der Waals surface area (Å²) in [4.78, 5) is 30.0. The van der Waals surface area contributed by atoms with Gasteiger partial charge in [-0.15, -0.1) is 11.3 Å². The first-order valence-electron chi connectivity index (χ1n) is 9.22. The maximum Gasteiger partial charge on any atom is 0.328 e. The molecule has 0 aliphatic carbocycles. The number of aryl methyl sites for hydroxylation is 3. The van der Waals surface area contributed by atoms with E-state index in [1.165, 1.54) is 17.4 Å². The molecule has 0 aliphatic rings. The second kappa shape index (κ2) is 7.83. The summed E-state index contributed by atoms with van der Waals surface area (Å²) in [6, 6.07) is 11.0. The Morgan fingerprint density at radius 3 is 2.60 bits per heavy atom. The number of nitrogens with one attached hydrogen (secondary N) is 1. The van der Waals surface area contributed by atoms with E-state index < -0.39 is 11.6 Å². The number of anilines is 1. The maximum atomic E-state index is 13.5. The van der Waals surface area contributed by atoms with Crippen molar-refractivity contribution < 1.29 is 13.6 Å². The summed E-state index contributed by atoms with van der Waals surface area (Å²) in [6.45, 7) is 2.02. The van der Waals surface area contributed by atoms with Crippen molar-refractivity contribution in [3.05, 3.63) is 69.5 Å². The molecule has 0 atom stereocenters. The van der Waals surface area contributed by atoms with Gasteiger partial charge in [-0.1, -0.05) is 12.1 Å². The van der Waals surface area contributed by atoms with Crippen LogP contribution in [0.4, 0.5) is 13.9 Å². The van der Waals surface area contributed by atoms with Crippen LogP contribution < -0.4 is 11.0 Å². The van der Waals surface area contributed by atoms with Crippen molar-refractivity contribution in [3.8, 4) is 11.3 Å². The molecule has 1 amide bonds. The van der Waals surface area contributed by atoms with Crippen molar-refractivity contribution in [3.63, 3.8) is 0 Å². The highest BCUT2D eigenvalue weighted by atomic mass is 32.1. The number of fused-ring (bicyclic) bond motifs is 1. The van der Waals surface area contributed by atoms with Gasteiger partial charge in [-0.25, -0.2) is 18.6 Å². The van der Waals surface area contributed by atoms with Crippen molar-refractivity contribution in [1.29, 1.82) is 0 Å². The molecule has 9 heteroatoms. The summed E-state index contributed by atoms with van der Waals surface area (Å²) >= 11 is 1.25.